The van der Waals surface area contributed by atoms with Crippen LogP contribution in [-0.4, -0.2) is 43.9 Å². The van der Waals surface area contributed by atoms with Crippen LogP contribution < -0.4 is 25.6 Å². The molecule has 2 aromatic carbocycles. The van der Waals surface area contributed by atoms with Crippen molar-refractivity contribution in [2.45, 2.75) is 20.3 Å². The predicted octanol–water partition coefficient (Wildman–Crippen LogP) is 3.85. The van der Waals surface area contributed by atoms with Crippen LogP contribution in [0.3, 0.4) is 0 Å². The lowest BCUT2D eigenvalue weighted by Crippen LogP contribution is -2.48. The minimum absolute atomic E-state index is 0.0430. The van der Waals surface area contributed by atoms with Gasteiger partial charge in [-0.3, -0.25) is 25.8 Å². The van der Waals surface area contributed by atoms with Crippen molar-refractivity contribution in [2.24, 2.45) is 5.92 Å². The summed E-state index contributed by atoms with van der Waals surface area (Å²) in [6, 6.07) is 11.7. The lowest BCUT2D eigenvalue weighted by Gasteiger charge is -2.12. The SMILES string of the molecule is COCCOc1ccc(C(=O)NC(=S)NNC(=O)c2ccc(OCCC(C)C)cc2)cc1Br. The molecule has 0 atom stereocenters. The molecule has 2 amide bonds. The zero-order valence-corrected chi connectivity index (χ0v) is 21.2. The number of carbonyl (C=O) groups is 2. The third-order valence-electron chi connectivity index (χ3n) is 4.34. The standard InChI is InChI=1S/C23H28BrN3O5S/c1-15(2)10-11-31-18-7-4-16(5-8-18)22(29)26-27-23(33)25-21(28)17-6-9-20(19(24)14-17)32-13-12-30-3/h4-9,14-15H,10-13H2,1-3H3,(H,26,29)(H2,25,27,28,33). The highest BCUT2D eigenvalue weighted by Crippen LogP contribution is 2.26. The Morgan fingerprint density at radius 2 is 1.64 bits per heavy atom. The fourth-order valence-electron chi connectivity index (χ4n) is 2.50. The Kier molecular flexibility index (Phi) is 11.1. The van der Waals surface area contributed by atoms with E-state index in [0.29, 0.717) is 52.8 Å². The van der Waals surface area contributed by atoms with Gasteiger partial charge < -0.3 is 14.2 Å². The van der Waals surface area contributed by atoms with E-state index >= 15 is 0 Å². The maximum atomic E-state index is 12.4. The van der Waals surface area contributed by atoms with Gasteiger partial charge in [-0.2, -0.15) is 0 Å². The van der Waals surface area contributed by atoms with Gasteiger partial charge >= 0.3 is 0 Å². The zero-order valence-electron chi connectivity index (χ0n) is 18.8. The molecule has 2 aromatic rings. The molecule has 0 aliphatic heterocycles. The van der Waals surface area contributed by atoms with Gasteiger partial charge in [0, 0.05) is 18.2 Å². The molecular weight excluding hydrogens is 510 g/mol. The van der Waals surface area contributed by atoms with Gasteiger partial charge in [-0.15, -0.1) is 0 Å². The Morgan fingerprint density at radius 1 is 0.939 bits per heavy atom. The van der Waals surface area contributed by atoms with Crippen molar-refractivity contribution in [3.63, 3.8) is 0 Å². The first-order valence-electron chi connectivity index (χ1n) is 10.4. The summed E-state index contributed by atoms with van der Waals surface area (Å²) in [7, 11) is 1.59. The van der Waals surface area contributed by atoms with Crippen molar-refractivity contribution >= 4 is 45.1 Å². The number of benzene rings is 2. The van der Waals surface area contributed by atoms with Crippen LogP contribution in [0.5, 0.6) is 11.5 Å². The average Bonchev–Trinajstić information content (AvgIpc) is 2.78. The van der Waals surface area contributed by atoms with Crippen LogP contribution in [0, 0.1) is 5.92 Å². The molecule has 0 bridgehead atoms. The van der Waals surface area contributed by atoms with Crippen molar-refractivity contribution in [3.8, 4) is 11.5 Å². The lowest BCUT2D eigenvalue weighted by molar-refractivity contribution is 0.0934. The molecule has 0 saturated carbocycles. The van der Waals surface area contributed by atoms with E-state index in [1.807, 2.05) is 0 Å². The summed E-state index contributed by atoms with van der Waals surface area (Å²) < 4.78 is 16.7. The van der Waals surface area contributed by atoms with Gasteiger partial charge in [0.05, 0.1) is 17.7 Å². The minimum Gasteiger partial charge on any atom is -0.494 e. The van der Waals surface area contributed by atoms with E-state index in [9.17, 15) is 9.59 Å². The number of thiocarbonyl (C=S) groups is 1. The van der Waals surface area contributed by atoms with Gasteiger partial charge in [-0.25, -0.2) is 0 Å². The van der Waals surface area contributed by atoms with Crippen molar-refractivity contribution in [2.75, 3.05) is 26.9 Å². The number of carbonyl (C=O) groups excluding carboxylic acids is 2. The van der Waals surface area contributed by atoms with Crippen molar-refractivity contribution in [3.05, 3.63) is 58.1 Å². The van der Waals surface area contributed by atoms with E-state index < -0.39 is 11.8 Å². The fourth-order valence-corrected chi connectivity index (χ4v) is 3.14. The highest BCUT2D eigenvalue weighted by molar-refractivity contribution is 9.10. The maximum absolute atomic E-state index is 12.4. The van der Waals surface area contributed by atoms with E-state index in [4.69, 9.17) is 26.4 Å². The van der Waals surface area contributed by atoms with Gasteiger partial charge in [-0.05, 0) is 83.0 Å². The van der Waals surface area contributed by atoms with Crippen LogP contribution in [0.1, 0.15) is 41.0 Å². The highest BCUT2D eigenvalue weighted by atomic mass is 79.9. The van der Waals surface area contributed by atoms with Gasteiger partial charge in [-0.1, -0.05) is 13.8 Å². The molecule has 0 fully saturated rings. The summed E-state index contributed by atoms with van der Waals surface area (Å²) in [6.45, 7) is 5.73. The average molecular weight is 538 g/mol. The van der Waals surface area contributed by atoms with Gasteiger partial charge in [0.2, 0.25) is 0 Å². The Bertz CT molecular complexity index is 954. The largest absolute Gasteiger partial charge is 0.494 e. The van der Waals surface area contributed by atoms with Crippen LogP contribution in [0.4, 0.5) is 0 Å². The molecule has 0 aromatic heterocycles. The van der Waals surface area contributed by atoms with E-state index in [-0.39, 0.29) is 5.11 Å². The number of halogens is 1. The first-order valence-corrected chi connectivity index (χ1v) is 11.6. The van der Waals surface area contributed by atoms with Gasteiger partial charge in [0.1, 0.15) is 18.1 Å². The van der Waals surface area contributed by atoms with Crippen LogP contribution in [0.15, 0.2) is 46.9 Å². The summed E-state index contributed by atoms with van der Waals surface area (Å²) in [5, 5.41) is 2.47. The normalized spacial score (nSPS) is 10.5. The van der Waals surface area contributed by atoms with Crippen molar-refractivity contribution in [1.29, 1.82) is 0 Å². The Morgan fingerprint density at radius 3 is 2.27 bits per heavy atom. The molecule has 0 saturated heterocycles. The zero-order chi connectivity index (χ0) is 24.2. The molecule has 0 heterocycles. The Balaban J connectivity index is 1.80. The quantitative estimate of drug-likeness (QED) is 0.240. The van der Waals surface area contributed by atoms with E-state index in [1.54, 1.807) is 49.6 Å². The molecular formula is C23H28BrN3O5S. The molecule has 10 heteroatoms. The molecule has 0 unspecified atom stereocenters. The fraction of sp³-hybridized carbons (Fsp3) is 0.348. The van der Waals surface area contributed by atoms with E-state index in [2.05, 4.69) is 45.9 Å². The van der Waals surface area contributed by atoms with Crippen molar-refractivity contribution in [1.82, 2.24) is 16.2 Å². The van der Waals surface area contributed by atoms with Gasteiger partial charge in [0.15, 0.2) is 5.11 Å². The molecule has 0 radical (unpaired) electrons. The van der Waals surface area contributed by atoms with E-state index in [0.717, 1.165) is 6.42 Å². The molecule has 33 heavy (non-hydrogen) atoms. The predicted molar refractivity (Wildman–Crippen MR) is 134 cm³/mol. The van der Waals surface area contributed by atoms with E-state index in [1.165, 1.54) is 0 Å². The number of hydrazine groups is 1. The molecule has 8 nitrogen and oxygen atoms in total. The number of hydrogen-bond donors (Lipinski definition) is 3. The smallest absolute Gasteiger partial charge is 0.269 e. The topological polar surface area (TPSA) is 97.9 Å². The van der Waals surface area contributed by atoms with Crippen molar-refractivity contribution < 1.29 is 23.8 Å². The number of amides is 2. The summed E-state index contributed by atoms with van der Waals surface area (Å²) in [5.41, 5.74) is 5.76. The van der Waals surface area contributed by atoms with Gasteiger partial charge in [0.25, 0.3) is 11.8 Å². The summed E-state index contributed by atoms with van der Waals surface area (Å²) in [6.07, 6.45) is 0.957. The second-order valence-electron chi connectivity index (χ2n) is 7.40. The number of methoxy groups -OCH3 is 1. The molecule has 0 aliphatic carbocycles. The molecule has 0 spiro atoms. The maximum Gasteiger partial charge on any atom is 0.269 e. The Hall–Kier alpha value is -2.69. The highest BCUT2D eigenvalue weighted by Gasteiger charge is 2.12. The lowest BCUT2D eigenvalue weighted by atomic mass is 10.1. The molecule has 2 rings (SSSR count). The Labute approximate surface area is 207 Å². The monoisotopic (exact) mass is 537 g/mol. The van der Waals surface area contributed by atoms with Crippen LogP contribution in [-0.2, 0) is 4.74 Å². The number of hydrogen-bond acceptors (Lipinski definition) is 6. The van der Waals surface area contributed by atoms with Crippen LogP contribution in [0.2, 0.25) is 0 Å². The number of ether oxygens (including phenoxy) is 3. The number of nitrogens with one attached hydrogen (secondary N) is 3. The van der Waals surface area contributed by atoms with Crippen LogP contribution in [0.25, 0.3) is 0 Å². The summed E-state index contributed by atoms with van der Waals surface area (Å²) in [5.74, 6) is 1.01. The first kappa shape index (κ1) is 26.6. The summed E-state index contributed by atoms with van der Waals surface area (Å²) in [4.78, 5) is 24.7. The molecule has 3 N–H and O–H groups in total. The first-order chi connectivity index (χ1) is 15.8. The number of rotatable bonds is 10. The minimum atomic E-state index is -0.436. The van der Waals surface area contributed by atoms with Crippen LogP contribution >= 0.6 is 28.1 Å². The third kappa shape index (κ3) is 9.37. The molecule has 178 valence electrons. The summed E-state index contributed by atoms with van der Waals surface area (Å²) >= 11 is 8.46. The third-order valence-corrected chi connectivity index (χ3v) is 5.16. The second kappa shape index (κ2) is 13.8. The second-order valence-corrected chi connectivity index (χ2v) is 8.67. The molecule has 0 aliphatic rings.